The lowest BCUT2D eigenvalue weighted by atomic mass is 9.86. The molecular weight excluding hydrogens is 236 g/mol. The van der Waals surface area contributed by atoms with Gasteiger partial charge in [0.25, 0.3) is 0 Å². The molecule has 3 heteroatoms. The quantitative estimate of drug-likeness (QED) is 0.496. The van der Waals surface area contributed by atoms with Gasteiger partial charge < -0.3 is 4.74 Å². The topological polar surface area (TPSA) is 47.3 Å². The van der Waals surface area contributed by atoms with Gasteiger partial charge in [-0.1, -0.05) is 43.4 Å². The van der Waals surface area contributed by atoms with Gasteiger partial charge in [-0.15, -0.1) is 0 Å². The summed E-state index contributed by atoms with van der Waals surface area (Å²) in [5.74, 6) is 7.41. The first-order valence-corrected chi connectivity index (χ1v) is 7.37. The van der Waals surface area contributed by atoms with E-state index in [1.54, 1.807) is 7.11 Å². The monoisotopic (exact) mass is 262 g/mol. The van der Waals surface area contributed by atoms with Crippen LogP contribution in [0.2, 0.25) is 0 Å². The van der Waals surface area contributed by atoms with Crippen molar-refractivity contribution in [3.05, 3.63) is 29.3 Å². The lowest BCUT2D eigenvalue weighted by Gasteiger charge is -2.27. The number of nitrogens with two attached hydrogens (primary N) is 1. The molecule has 0 heterocycles. The van der Waals surface area contributed by atoms with Crippen molar-refractivity contribution in [1.29, 1.82) is 0 Å². The molecule has 1 aliphatic rings. The number of benzene rings is 1. The number of methoxy groups -OCH3 is 1. The SMILES string of the molecule is COc1ccc(C)cc1C(NN)C1CCCCCC1. The molecule has 1 aromatic carbocycles. The van der Waals surface area contributed by atoms with E-state index in [1.165, 1.54) is 49.7 Å². The van der Waals surface area contributed by atoms with Crippen molar-refractivity contribution in [1.82, 2.24) is 5.43 Å². The van der Waals surface area contributed by atoms with E-state index in [4.69, 9.17) is 10.6 Å². The van der Waals surface area contributed by atoms with Crippen molar-refractivity contribution in [3.8, 4) is 5.75 Å². The molecule has 2 rings (SSSR count). The molecule has 0 aromatic heterocycles. The minimum Gasteiger partial charge on any atom is -0.496 e. The lowest BCUT2D eigenvalue weighted by Crippen LogP contribution is -2.33. The van der Waals surface area contributed by atoms with Crippen molar-refractivity contribution in [2.75, 3.05) is 7.11 Å². The molecule has 1 aromatic rings. The number of hydrazine groups is 1. The summed E-state index contributed by atoms with van der Waals surface area (Å²) in [4.78, 5) is 0. The smallest absolute Gasteiger partial charge is 0.123 e. The minimum atomic E-state index is 0.202. The van der Waals surface area contributed by atoms with Crippen LogP contribution in [0.4, 0.5) is 0 Å². The maximum atomic E-state index is 5.85. The summed E-state index contributed by atoms with van der Waals surface area (Å²) in [6.07, 6.45) is 7.86. The fourth-order valence-corrected chi connectivity index (χ4v) is 3.22. The second kappa shape index (κ2) is 6.92. The van der Waals surface area contributed by atoms with E-state index in [-0.39, 0.29) is 6.04 Å². The second-order valence-electron chi connectivity index (χ2n) is 5.64. The maximum absolute atomic E-state index is 5.85. The van der Waals surface area contributed by atoms with E-state index in [9.17, 15) is 0 Å². The number of aryl methyl sites for hydroxylation is 1. The van der Waals surface area contributed by atoms with Crippen LogP contribution >= 0.6 is 0 Å². The molecule has 3 N–H and O–H groups in total. The van der Waals surface area contributed by atoms with E-state index in [1.807, 2.05) is 6.07 Å². The molecule has 0 radical (unpaired) electrons. The molecule has 1 aliphatic carbocycles. The molecule has 1 saturated carbocycles. The van der Waals surface area contributed by atoms with Gasteiger partial charge in [0.05, 0.1) is 13.2 Å². The van der Waals surface area contributed by atoms with Gasteiger partial charge in [-0.2, -0.15) is 0 Å². The Morgan fingerprint density at radius 1 is 1.21 bits per heavy atom. The highest BCUT2D eigenvalue weighted by Crippen LogP contribution is 2.37. The first-order chi connectivity index (χ1) is 9.26. The summed E-state index contributed by atoms with van der Waals surface area (Å²) in [5.41, 5.74) is 5.50. The fourth-order valence-electron chi connectivity index (χ4n) is 3.22. The Morgan fingerprint density at radius 3 is 2.47 bits per heavy atom. The van der Waals surface area contributed by atoms with Crippen LogP contribution in [0, 0.1) is 12.8 Å². The normalized spacial score (nSPS) is 18.9. The molecule has 0 bridgehead atoms. The molecule has 0 aliphatic heterocycles. The van der Waals surface area contributed by atoms with Gasteiger partial charge in [-0.05, 0) is 31.7 Å². The molecule has 1 fully saturated rings. The van der Waals surface area contributed by atoms with Crippen LogP contribution in [0.3, 0.4) is 0 Å². The van der Waals surface area contributed by atoms with Gasteiger partial charge in [0, 0.05) is 5.56 Å². The van der Waals surface area contributed by atoms with Crippen LogP contribution in [0.15, 0.2) is 18.2 Å². The number of rotatable bonds is 4. The van der Waals surface area contributed by atoms with E-state index in [0.29, 0.717) is 5.92 Å². The van der Waals surface area contributed by atoms with Crippen LogP contribution < -0.4 is 16.0 Å². The number of hydrogen-bond donors (Lipinski definition) is 2. The third-order valence-electron chi connectivity index (χ3n) is 4.27. The number of ether oxygens (including phenoxy) is 1. The number of hydrogen-bond acceptors (Lipinski definition) is 3. The minimum absolute atomic E-state index is 0.202. The van der Waals surface area contributed by atoms with Crippen LogP contribution in [0.25, 0.3) is 0 Å². The average Bonchev–Trinajstić information content (AvgIpc) is 2.69. The van der Waals surface area contributed by atoms with E-state index < -0.39 is 0 Å². The molecular formula is C16H26N2O. The third-order valence-corrected chi connectivity index (χ3v) is 4.27. The highest BCUT2D eigenvalue weighted by Gasteiger charge is 2.25. The van der Waals surface area contributed by atoms with E-state index in [2.05, 4.69) is 24.5 Å². The summed E-state index contributed by atoms with van der Waals surface area (Å²) in [7, 11) is 1.73. The molecule has 0 spiro atoms. The Hall–Kier alpha value is -1.06. The molecule has 0 saturated heterocycles. The van der Waals surface area contributed by atoms with Crippen LogP contribution in [-0.2, 0) is 0 Å². The van der Waals surface area contributed by atoms with Crippen molar-refractivity contribution in [3.63, 3.8) is 0 Å². The molecule has 1 atom stereocenters. The highest BCUT2D eigenvalue weighted by molar-refractivity contribution is 5.39. The molecule has 1 unspecified atom stereocenters. The summed E-state index contributed by atoms with van der Waals surface area (Å²) in [6.45, 7) is 2.11. The zero-order chi connectivity index (χ0) is 13.7. The summed E-state index contributed by atoms with van der Waals surface area (Å²) >= 11 is 0. The highest BCUT2D eigenvalue weighted by atomic mass is 16.5. The second-order valence-corrected chi connectivity index (χ2v) is 5.64. The molecule has 3 nitrogen and oxygen atoms in total. The van der Waals surface area contributed by atoms with E-state index >= 15 is 0 Å². The molecule has 19 heavy (non-hydrogen) atoms. The van der Waals surface area contributed by atoms with Crippen molar-refractivity contribution >= 4 is 0 Å². The van der Waals surface area contributed by atoms with Gasteiger partial charge in [0.15, 0.2) is 0 Å². The standard InChI is InChI=1S/C16H26N2O/c1-12-9-10-15(19-2)14(11-12)16(18-17)13-7-5-3-4-6-8-13/h9-11,13,16,18H,3-8,17H2,1-2H3. The summed E-state index contributed by atoms with van der Waals surface area (Å²) in [6, 6.07) is 6.54. The Morgan fingerprint density at radius 2 is 1.89 bits per heavy atom. The number of nitrogens with one attached hydrogen (secondary N) is 1. The largest absolute Gasteiger partial charge is 0.496 e. The predicted molar refractivity (Wildman–Crippen MR) is 79.0 cm³/mol. The third kappa shape index (κ3) is 3.48. The van der Waals surface area contributed by atoms with Crippen molar-refractivity contribution < 1.29 is 4.74 Å². The van der Waals surface area contributed by atoms with Gasteiger partial charge in [0.2, 0.25) is 0 Å². The molecule has 0 amide bonds. The van der Waals surface area contributed by atoms with Gasteiger partial charge in [-0.25, -0.2) is 0 Å². The first kappa shape index (κ1) is 14.4. The lowest BCUT2D eigenvalue weighted by molar-refractivity contribution is 0.315. The average molecular weight is 262 g/mol. The summed E-state index contributed by atoms with van der Waals surface area (Å²) < 4.78 is 5.51. The Bertz CT molecular complexity index is 398. The Labute approximate surface area is 116 Å². The van der Waals surface area contributed by atoms with E-state index in [0.717, 1.165) is 5.75 Å². The van der Waals surface area contributed by atoms with Crippen LogP contribution in [-0.4, -0.2) is 7.11 Å². The molecule has 106 valence electrons. The van der Waals surface area contributed by atoms with Gasteiger partial charge in [0.1, 0.15) is 5.75 Å². The van der Waals surface area contributed by atoms with Gasteiger partial charge >= 0.3 is 0 Å². The van der Waals surface area contributed by atoms with Gasteiger partial charge in [-0.3, -0.25) is 11.3 Å². The maximum Gasteiger partial charge on any atom is 0.123 e. The van der Waals surface area contributed by atoms with Crippen LogP contribution in [0.1, 0.15) is 55.7 Å². The Kier molecular flexibility index (Phi) is 5.23. The fraction of sp³-hybridized carbons (Fsp3) is 0.625. The van der Waals surface area contributed by atoms with Crippen molar-refractivity contribution in [2.45, 2.75) is 51.5 Å². The first-order valence-electron chi connectivity index (χ1n) is 7.37. The zero-order valence-electron chi connectivity index (χ0n) is 12.1. The summed E-state index contributed by atoms with van der Waals surface area (Å²) in [5, 5.41) is 0. The van der Waals surface area contributed by atoms with Crippen molar-refractivity contribution in [2.24, 2.45) is 11.8 Å². The zero-order valence-corrected chi connectivity index (χ0v) is 12.1. The Balaban J connectivity index is 2.26. The van der Waals surface area contributed by atoms with Crippen LogP contribution in [0.5, 0.6) is 5.75 Å². The predicted octanol–water partition coefficient (Wildman–Crippen LogP) is 3.48.